The average Bonchev–Trinajstić information content (AvgIpc) is 2.15. The van der Waals surface area contributed by atoms with Crippen molar-refractivity contribution in [1.29, 1.82) is 0 Å². The van der Waals surface area contributed by atoms with Gasteiger partial charge in [-0.2, -0.15) is 0 Å². The molecule has 0 aliphatic rings. The first-order valence-corrected chi connectivity index (χ1v) is 7.18. The molecule has 0 saturated heterocycles. The maximum Gasteiger partial charge on any atom is 0.307 e. The van der Waals surface area contributed by atoms with Gasteiger partial charge in [0.25, 0.3) is 0 Å². The largest absolute Gasteiger partial charge is 0.481 e. The summed E-state index contributed by atoms with van der Waals surface area (Å²) in [5, 5.41) is 9.13. The van der Waals surface area contributed by atoms with Crippen LogP contribution in [0, 0.1) is 5.92 Å². The Morgan fingerprint density at radius 2 is 2.12 bits per heavy atom. The highest BCUT2D eigenvalue weighted by Crippen LogP contribution is 2.15. The number of halogens is 1. The summed E-state index contributed by atoms with van der Waals surface area (Å²) in [5.74, 6) is -2.57. The minimum absolute atomic E-state index is 0.189. The lowest BCUT2D eigenvalue weighted by Crippen LogP contribution is -2.22. The van der Waals surface area contributed by atoms with Crippen LogP contribution in [0.15, 0.2) is 24.3 Å². The lowest BCUT2D eigenvalue weighted by atomic mass is 10.2. The van der Waals surface area contributed by atoms with Gasteiger partial charge >= 0.3 is 5.97 Å². The first kappa shape index (κ1) is 14.0. The highest BCUT2D eigenvalue weighted by molar-refractivity contribution is 7.90. The average molecular weight is 277 g/mol. The fourth-order valence-electron chi connectivity index (χ4n) is 1.39. The van der Waals surface area contributed by atoms with E-state index in [1.165, 1.54) is 6.92 Å². The van der Waals surface area contributed by atoms with E-state index in [-0.39, 0.29) is 11.5 Å². The number of carbonyl (C=O) groups is 1. The summed E-state index contributed by atoms with van der Waals surface area (Å²) in [6.07, 6.45) is 0. The molecule has 6 heteroatoms. The molecule has 0 aliphatic heterocycles. The van der Waals surface area contributed by atoms with Crippen LogP contribution >= 0.6 is 11.6 Å². The second kappa shape index (κ2) is 5.51. The Morgan fingerprint density at radius 3 is 2.65 bits per heavy atom. The predicted octanol–water partition coefficient (Wildman–Crippen LogP) is 1.98. The molecule has 0 aromatic heterocycles. The number of benzene rings is 1. The molecule has 0 fully saturated rings. The van der Waals surface area contributed by atoms with Crippen LogP contribution in [0.4, 0.5) is 0 Å². The monoisotopic (exact) mass is 276 g/mol. The zero-order valence-electron chi connectivity index (χ0n) is 9.26. The van der Waals surface area contributed by atoms with Crippen molar-refractivity contribution in [3.63, 3.8) is 0 Å². The van der Waals surface area contributed by atoms with Gasteiger partial charge in [0.15, 0.2) is 9.84 Å². The predicted molar refractivity (Wildman–Crippen MR) is 65.7 cm³/mol. The van der Waals surface area contributed by atoms with Crippen LogP contribution in [0.5, 0.6) is 0 Å². The molecule has 0 spiro atoms. The third kappa shape index (κ3) is 4.75. The van der Waals surface area contributed by atoms with Crippen LogP contribution in [0.3, 0.4) is 0 Å². The Bertz CT molecular complexity index is 510. The lowest BCUT2D eigenvalue weighted by Gasteiger charge is -2.08. The van der Waals surface area contributed by atoms with E-state index in [4.69, 9.17) is 16.7 Å². The Labute approximate surface area is 105 Å². The molecular weight excluding hydrogens is 264 g/mol. The highest BCUT2D eigenvalue weighted by Gasteiger charge is 2.21. The van der Waals surface area contributed by atoms with E-state index in [9.17, 15) is 13.2 Å². The van der Waals surface area contributed by atoms with Gasteiger partial charge in [-0.05, 0) is 17.7 Å². The van der Waals surface area contributed by atoms with Gasteiger partial charge in [-0.1, -0.05) is 30.7 Å². The Kier molecular flexibility index (Phi) is 4.54. The molecule has 1 aromatic carbocycles. The fraction of sp³-hybridized carbons (Fsp3) is 0.364. The zero-order valence-corrected chi connectivity index (χ0v) is 10.8. The normalized spacial score (nSPS) is 13.3. The van der Waals surface area contributed by atoms with Gasteiger partial charge in [0.05, 0.1) is 17.4 Å². The van der Waals surface area contributed by atoms with Crippen LogP contribution in [-0.2, 0) is 20.4 Å². The number of aliphatic carboxylic acids is 1. The number of carboxylic acid groups (broad SMARTS) is 1. The van der Waals surface area contributed by atoms with E-state index < -0.39 is 21.7 Å². The van der Waals surface area contributed by atoms with Gasteiger partial charge in [-0.25, -0.2) is 8.42 Å². The summed E-state index contributed by atoms with van der Waals surface area (Å²) in [6, 6.07) is 6.52. The molecular formula is C11H13ClO4S. The SMILES string of the molecule is CC(CS(=O)(=O)Cc1cccc(Cl)c1)C(=O)O. The quantitative estimate of drug-likeness (QED) is 0.892. The summed E-state index contributed by atoms with van der Waals surface area (Å²) in [4.78, 5) is 10.6. The number of rotatable bonds is 5. The van der Waals surface area contributed by atoms with Crippen molar-refractivity contribution in [2.75, 3.05) is 5.75 Å². The standard InChI is InChI=1S/C11H13ClO4S/c1-8(11(13)14)6-17(15,16)7-9-3-2-4-10(12)5-9/h2-5,8H,6-7H2,1H3,(H,13,14). The molecule has 0 aliphatic carbocycles. The molecule has 1 unspecified atom stereocenters. The van der Waals surface area contributed by atoms with Crippen LogP contribution in [0.1, 0.15) is 12.5 Å². The molecule has 1 aromatic rings. The van der Waals surface area contributed by atoms with E-state index in [1.807, 2.05) is 0 Å². The summed E-state index contributed by atoms with van der Waals surface area (Å²) in [7, 11) is -3.44. The number of hydrogen-bond acceptors (Lipinski definition) is 3. The molecule has 1 atom stereocenters. The maximum absolute atomic E-state index is 11.7. The molecule has 94 valence electrons. The first-order valence-electron chi connectivity index (χ1n) is 4.98. The van der Waals surface area contributed by atoms with Crippen molar-refractivity contribution in [1.82, 2.24) is 0 Å². The lowest BCUT2D eigenvalue weighted by molar-refractivity contribution is -0.140. The molecule has 1 rings (SSSR count). The van der Waals surface area contributed by atoms with Crippen molar-refractivity contribution in [3.8, 4) is 0 Å². The third-order valence-corrected chi connectivity index (χ3v) is 4.22. The van der Waals surface area contributed by atoms with E-state index in [0.717, 1.165) is 0 Å². The minimum Gasteiger partial charge on any atom is -0.481 e. The molecule has 0 radical (unpaired) electrons. The van der Waals surface area contributed by atoms with Gasteiger partial charge in [0.1, 0.15) is 0 Å². The number of sulfone groups is 1. The number of hydrogen-bond donors (Lipinski definition) is 1. The fourth-order valence-corrected chi connectivity index (χ4v) is 3.31. The van der Waals surface area contributed by atoms with Gasteiger partial charge in [-0.15, -0.1) is 0 Å². The van der Waals surface area contributed by atoms with Crippen molar-refractivity contribution in [3.05, 3.63) is 34.9 Å². The first-order chi connectivity index (χ1) is 7.80. The van der Waals surface area contributed by atoms with Crippen molar-refractivity contribution in [2.45, 2.75) is 12.7 Å². The molecule has 0 amide bonds. The Morgan fingerprint density at radius 1 is 1.47 bits per heavy atom. The van der Waals surface area contributed by atoms with Crippen LogP contribution in [-0.4, -0.2) is 25.2 Å². The molecule has 1 N–H and O–H groups in total. The van der Waals surface area contributed by atoms with Crippen LogP contribution in [0.2, 0.25) is 5.02 Å². The van der Waals surface area contributed by atoms with Crippen LogP contribution in [0.25, 0.3) is 0 Å². The van der Waals surface area contributed by atoms with Crippen LogP contribution < -0.4 is 0 Å². The number of carboxylic acids is 1. The smallest absolute Gasteiger partial charge is 0.307 e. The topological polar surface area (TPSA) is 71.4 Å². The minimum atomic E-state index is -3.44. The second-order valence-corrected chi connectivity index (χ2v) is 6.47. The zero-order chi connectivity index (χ0) is 13.1. The van der Waals surface area contributed by atoms with E-state index in [2.05, 4.69) is 0 Å². The van der Waals surface area contributed by atoms with Gasteiger partial charge < -0.3 is 5.11 Å². The molecule has 0 heterocycles. The van der Waals surface area contributed by atoms with Crippen molar-refractivity contribution in [2.24, 2.45) is 5.92 Å². The van der Waals surface area contributed by atoms with E-state index in [0.29, 0.717) is 10.6 Å². The van der Waals surface area contributed by atoms with Gasteiger partial charge in [0, 0.05) is 5.02 Å². The van der Waals surface area contributed by atoms with Gasteiger partial charge in [0.2, 0.25) is 0 Å². The third-order valence-electron chi connectivity index (χ3n) is 2.20. The second-order valence-electron chi connectivity index (χ2n) is 3.92. The molecule has 17 heavy (non-hydrogen) atoms. The van der Waals surface area contributed by atoms with E-state index >= 15 is 0 Å². The Hall–Kier alpha value is -1.07. The molecule has 4 nitrogen and oxygen atoms in total. The van der Waals surface area contributed by atoms with Crippen molar-refractivity contribution < 1.29 is 18.3 Å². The summed E-state index contributed by atoms with van der Waals surface area (Å²) in [6.45, 7) is 1.37. The van der Waals surface area contributed by atoms with E-state index in [1.54, 1.807) is 24.3 Å². The molecule has 0 saturated carbocycles. The Balaban J connectivity index is 2.77. The summed E-state index contributed by atoms with van der Waals surface area (Å²) >= 11 is 5.74. The highest BCUT2D eigenvalue weighted by atomic mass is 35.5. The maximum atomic E-state index is 11.7. The summed E-state index contributed by atoms with van der Waals surface area (Å²) < 4.78 is 23.4. The van der Waals surface area contributed by atoms with Gasteiger partial charge in [-0.3, -0.25) is 4.79 Å². The molecule has 0 bridgehead atoms. The van der Waals surface area contributed by atoms with Crippen molar-refractivity contribution >= 4 is 27.4 Å². The summed E-state index contributed by atoms with van der Waals surface area (Å²) in [5.41, 5.74) is 0.565.